The van der Waals surface area contributed by atoms with Crippen LogP contribution in [0.5, 0.6) is 0 Å². The van der Waals surface area contributed by atoms with Crippen LogP contribution in [0.25, 0.3) is 0 Å². The van der Waals surface area contributed by atoms with Crippen molar-refractivity contribution in [3.8, 4) is 0 Å². The molecule has 0 saturated carbocycles. The molecule has 5 N–H and O–H groups in total. The number of fused-ring (bicyclic) bond motifs is 1. The van der Waals surface area contributed by atoms with Crippen molar-refractivity contribution < 1.29 is 14.0 Å². The number of nitrogens with one attached hydrogen (secondary N) is 3. The Hall–Kier alpha value is -2.34. The van der Waals surface area contributed by atoms with Crippen molar-refractivity contribution in [2.45, 2.75) is 56.6 Å². The Kier molecular flexibility index (Phi) is 5.98. The van der Waals surface area contributed by atoms with E-state index in [2.05, 4.69) is 30.8 Å². The molecular formula is C22H33FN8O2. The fourth-order valence-corrected chi connectivity index (χ4v) is 6.07. The monoisotopic (exact) mass is 460 g/mol. The number of hydrogen-bond acceptors (Lipinski definition) is 8. The molecule has 4 saturated heterocycles. The minimum absolute atomic E-state index is 0.0363. The van der Waals surface area contributed by atoms with E-state index in [9.17, 15) is 14.0 Å². The third-order valence-corrected chi connectivity index (χ3v) is 7.69. The lowest BCUT2D eigenvalue weighted by molar-refractivity contribution is -0.133. The number of aromatic nitrogens is 1. The number of amides is 2. The van der Waals surface area contributed by atoms with Gasteiger partial charge in [-0.15, -0.1) is 0 Å². The molecule has 1 spiro atoms. The van der Waals surface area contributed by atoms with Crippen LogP contribution < -0.4 is 26.7 Å². The van der Waals surface area contributed by atoms with E-state index in [0.717, 1.165) is 51.0 Å². The van der Waals surface area contributed by atoms with Crippen molar-refractivity contribution in [2.75, 3.05) is 42.9 Å². The van der Waals surface area contributed by atoms with Crippen molar-refractivity contribution in [3.63, 3.8) is 0 Å². The highest BCUT2D eigenvalue weighted by Gasteiger charge is 2.47. The number of anilines is 2. The number of likely N-dealkylation sites (tertiary alicyclic amines) is 1. The van der Waals surface area contributed by atoms with Crippen molar-refractivity contribution in [1.29, 1.82) is 0 Å². The average molecular weight is 461 g/mol. The topological polar surface area (TPSA) is 119 Å². The zero-order valence-corrected chi connectivity index (χ0v) is 19.0. The van der Waals surface area contributed by atoms with Crippen LogP contribution in [0.3, 0.4) is 0 Å². The first-order chi connectivity index (χ1) is 15.9. The van der Waals surface area contributed by atoms with Gasteiger partial charge in [0.05, 0.1) is 35.8 Å². The van der Waals surface area contributed by atoms with Gasteiger partial charge in [-0.25, -0.2) is 14.8 Å². The molecule has 0 aliphatic carbocycles. The molecule has 33 heavy (non-hydrogen) atoms. The van der Waals surface area contributed by atoms with Gasteiger partial charge in [0.2, 0.25) is 11.8 Å². The summed E-state index contributed by atoms with van der Waals surface area (Å²) in [6.45, 7) is 4.50. The second-order valence-corrected chi connectivity index (χ2v) is 9.65. The number of hydrogen-bond donors (Lipinski definition) is 4. The molecular weight excluding hydrogens is 427 g/mol. The summed E-state index contributed by atoms with van der Waals surface area (Å²) in [5.74, 6) is -0.643. The summed E-state index contributed by atoms with van der Waals surface area (Å²) in [6.07, 6.45) is 5.33. The number of carbonyl (C=O) groups excluding carboxylic acids is 2. The number of rotatable bonds is 3. The van der Waals surface area contributed by atoms with Gasteiger partial charge in [-0.3, -0.25) is 19.9 Å². The van der Waals surface area contributed by atoms with E-state index in [4.69, 9.17) is 5.73 Å². The van der Waals surface area contributed by atoms with Gasteiger partial charge in [0, 0.05) is 51.4 Å². The second-order valence-electron chi connectivity index (χ2n) is 9.65. The predicted octanol–water partition coefficient (Wildman–Crippen LogP) is -0.01000. The van der Waals surface area contributed by atoms with Crippen LogP contribution in [-0.2, 0) is 9.59 Å². The predicted molar refractivity (Wildman–Crippen MR) is 122 cm³/mol. The van der Waals surface area contributed by atoms with Gasteiger partial charge in [-0.1, -0.05) is 0 Å². The van der Waals surface area contributed by atoms with Crippen LogP contribution in [0.15, 0.2) is 18.5 Å². The number of nitrogens with zero attached hydrogens (tertiary/aromatic N) is 4. The number of halogens is 1. The number of alkyl halides is 1. The van der Waals surface area contributed by atoms with Gasteiger partial charge in [-0.2, -0.15) is 0 Å². The summed E-state index contributed by atoms with van der Waals surface area (Å²) in [7, 11) is 0. The highest BCUT2D eigenvalue weighted by Crippen LogP contribution is 2.40. The van der Waals surface area contributed by atoms with Crippen LogP contribution >= 0.6 is 0 Å². The highest BCUT2D eigenvalue weighted by molar-refractivity contribution is 5.96. The maximum Gasteiger partial charge on any atom is 0.233 e. The standard InChI is InChI=1S/C22H33FN8O2/c1-14(32)30-8-2-4-22(30)5-9-29(10-6-22)17-3-7-25-12-16(17)27-21(33)18-19(24)28-31-13-15(23)11-26-20(18)31/h3,7,12,15,18-20,26,28H,2,4-6,8-11,13,24H2,1H3,(H,27,33). The minimum Gasteiger partial charge on any atom is -0.370 e. The first-order valence-corrected chi connectivity index (χ1v) is 11.8. The van der Waals surface area contributed by atoms with Gasteiger partial charge < -0.3 is 20.9 Å². The Labute approximate surface area is 193 Å². The molecule has 0 aromatic carbocycles. The lowest BCUT2D eigenvalue weighted by atomic mass is 9.84. The normalized spacial score (nSPS) is 31.6. The fourth-order valence-electron chi connectivity index (χ4n) is 6.07. The number of nitrogens with two attached hydrogens (primary N) is 1. The molecule has 4 atom stereocenters. The maximum absolute atomic E-state index is 13.7. The Bertz CT molecular complexity index is 908. The van der Waals surface area contributed by atoms with Gasteiger partial charge in [0.15, 0.2) is 0 Å². The molecule has 4 unspecified atom stereocenters. The summed E-state index contributed by atoms with van der Waals surface area (Å²) < 4.78 is 13.7. The molecule has 2 amide bonds. The molecule has 1 aromatic rings. The van der Waals surface area contributed by atoms with Crippen LogP contribution in [0.2, 0.25) is 0 Å². The number of hydrazine groups is 1. The first-order valence-electron chi connectivity index (χ1n) is 11.8. The Morgan fingerprint density at radius 2 is 2.06 bits per heavy atom. The summed E-state index contributed by atoms with van der Waals surface area (Å²) in [5, 5.41) is 7.79. The first kappa shape index (κ1) is 22.5. The van der Waals surface area contributed by atoms with Crippen LogP contribution in [0.4, 0.5) is 15.8 Å². The maximum atomic E-state index is 13.7. The summed E-state index contributed by atoms with van der Waals surface area (Å²) >= 11 is 0. The van der Waals surface area contributed by atoms with Crippen molar-refractivity contribution in [2.24, 2.45) is 11.7 Å². The van der Waals surface area contributed by atoms with Crippen LogP contribution in [-0.4, -0.2) is 83.5 Å². The molecule has 4 aliphatic heterocycles. The molecule has 5 heterocycles. The summed E-state index contributed by atoms with van der Waals surface area (Å²) in [6, 6.07) is 1.91. The van der Waals surface area contributed by atoms with Crippen molar-refractivity contribution >= 4 is 23.2 Å². The lowest BCUT2D eigenvalue weighted by Crippen LogP contribution is -2.58. The Balaban J connectivity index is 1.28. The van der Waals surface area contributed by atoms with E-state index >= 15 is 0 Å². The molecule has 1 aromatic heterocycles. The highest BCUT2D eigenvalue weighted by atomic mass is 19.1. The fraction of sp³-hybridized carbons (Fsp3) is 0.682. The van der Waals surface area contributed by atoms with Gasteiger partial charge in [0.1, 0.15) is 6.17 Å². The average Bonchev–Trinajstić information content (AvgIpc) is 3.34. The number of piperidine rings is 1. The lowest BCUT2D eigenvalue weighted by Gasteiger charge is -2.45. The van der Waals surface area contributed by atoms with E-state index in [1.807, 2.05) is 6.07 Å². The Morgan fingerprint density at radius 3 is 2.82 bits per heavy atom. The molecule has 4 fully saturated rings. The molecule has 0 radical (unpaired) electrons. The molecule has 10 nitrogen and oxygen atoms in total. The molecule has 0 bridgehead atoms. The molecule has 180 valence electrons. The van der Waals surface area contributed by atoms with E-state index in [1.54, 1.807) is 24.3 Å². The molecule has 11 heteroatoms. The minimum atomic E-state index is -1.01. The van der Waals surface area contributed by atoms with Crippen LogP contribution in [0, 0.1) is 5.92 Å². The summed E-state index contributed by atoms with van der Waals surface area (Å²) in [5.41, 5.74) is 10.7. The zero-order valence-electron chi connectivity index (χ0n) is 19.0. The third-order valence-electron chi connectivity index (χ3n) is 7.69. The smallest absolute Gasteiger partial charge is 0.233 e. The molecule has 5 rings (SSSR count). The number of carbonyl (C=O) groups is 2. The largest absolute Gasteiger partial charge is 0.370 e. The van der Waals surface area contributed by atoms with E-state index in [-0.39, 0.29) is 36.6 Å². The second kappa shape index (κ2) is 8.79. The van der Waals surface area contributed by atoms with E-state index in [0.29, 0.717) is 5.69 Å². The van der Waals surface area contributed by atoms with Gasteiger partial charge >= 0.3 is 0 Å². The number of pyridine rings is 1. The van der Waals surface area contributed by atoms with Crippen LogP contribution in [0.1, 0.15) is 32.6 Å². The Morgan fingerprint density at radius 1 is 1.27 bits per heavy atom. The summed E-state index contributed by atoms with van der Waals surface area (Å²) in [4.78, 5) is 33.9. The third kappa shape index (κ3) is 4.07. The van der Waals surface area contributed by atoms with E-state index < -0.39 is 18.3 Å². The van der Waals surface area contributed by atoms with Crippen molar-refractivity contribution in [1.82, 2.24) is 25.6 Å². The molecule has 4 aliphatic rings. The van der Waals surface area contributed by atoms with E-state index in [1.165, 1.54) is 0 Å². The van der Waals surface area contributed by atoms with Gasteiger partial charge in [-0.05, 0) is 31.7 Å². The SMILES string of the molecule is CC(=O)N1CCCC12CCN(c1ccncc1NC(=O)C1C(N)NN3CC(F)CNC13)CC2. The quantitative estimate of drug-likeness (QED) is 0.498. The zero-order chi connectivity index (χ0) is 23.2. The van der Waals surface area contributed by atoms with Crippen molar-refractivity contribution in [3.05, 3.63) is 18.5 Å². The van der Waals surface area contributed by atoms with Gasteiger partial charge in [0.25, 0.3) is 0 Å².